The fraction of sp³-hybridized carbons (Fsp3) is 0.235. The van der Waals surface area contributed by atoms with Crippen LogP contribution in [0.5, 0.6) is 0 Å². The molecule has 2 rings (SSSR count). The van der Waals surface area contributed by atoms with Crippen LogP contribution < -0.4 is 5.32 Å². The Labute approximate surface area is 145 Å². The first-order valence-electron chi connectivity index (χ1n) is 7.30. The highest BCUT2D eigenvalue weighted by Crippen LogP contribution is 2.18. The normalized spacial score (nSPS) is 11.2. The molecular formula is C17H18ClN3O3. The molecule has 0 fully saturated rings. The van der Waals surface area contributed by atoms with Crippen LogP contribution in [0.15, 0.2) is 41.6 Å². The van der Waals surface area contributed by atoms with Crippen molar-refractivity contribution >= 4 is 23.4 Å². The van der Waals surface area contributed by atoms with E-state index in [0.717, 1.165) is 17.0 Å². The van der Waals surface area contributed by atoms with Crippen molar-refractivity contribution in [1.82, 2.24) is 10.3 Å². The molecule has 0 aliphatic heterocycles. The zero-order valence-corrected chi connectivity index (χ0v) is 14.2. The van der Waals surface area contributed by atoms with Crippen LogP contribution in [0.3, 0.4) is 0 Å². The fourth-order valence-corrected chi connectivity index (χ4v) is 2.22. The summed E-state index contributed by atoms with van der Waals surface area (Å²) in [5.74, 6) is 0. The van der Waals surface area contributed by atoms with Gasteiger partial charge in [-0.05, 0) is 49.2 Å². The molecule has 0 atom stereocenters. The molecular weight excluding hydrogens is 330 g/mol. The molecule has 0 spiro atoms. The van der Waals surface area contributed by atoms with E-state index < -0.39 is 6.09 Å². The number of aryl methyl sites for hydroxylation is 1. The molecule has 24 heavy (non-hydrogen) atoms. The standard InChI is InChI=1S/C17H18ClN3O3/c1-11-4-3-5-15(20-11)10-24-21-12(2)13-6-7-16(18)14(8-13)9-19-17(22)23/h3-8,19H,9-10H2,1-2H3,(H,22,23)/b21-12+. The minimum atomic E-state index is -1.10. The molecule has 1 heterocycles. The lowest BCUT2D eigenvalue weighted by Gasteiger charge is -2.08. The van der Waals surface area contributed by atoms with Crippen LogP contribution in [0.1, 0.15) is 29.4 Å². The molecule has 0 unspecified atom stereocenters. The maximum Gasteiger partial charge on any atom is 0.404 e. The molecule has 2 N–H and O–H groups in total. The van der Waals surface area contributed by atoms with E-state index in [1.54, 1.807) is 25.1 Å². The Balaban J connectivity index is 2.04. The molecule has 0 saturated carbocycles. The number of benzene rings is 1. The molecule has 1 aromatic carbocycles. The summed E-state index contributed by atoms with van der Waals surface area (Å²) in [5.41, 5.74) is 3.86. The number of carboxylic acid groups (broad SMARTS) is 1. The lowest BCUT2D eigenvalue weighted by Crippen LogP contribution is -2.20. The van der Waals surface area contributed by atoms with Gasteiger partial charge in [0.05, 0.1) is 11.4 Å². The van der Waals surface area contributed by atoms with Crippen LogP contribution >= 0.6 is 11.6 Å². The van der Waals surface area contributed by atoms with Gasteiger partial charge >= 0.3 is 6.09 Å². The number of aromatic nitrogens is 1. The summed E-state index contributed by atoms with van der Waals surface area (Å²) in [6.45, 7) is 4.13. The average molecular weight is 348 g/mol. The number of oxime groups is 1. The van der Waals surface area contributed by atoms with Crippen molar-refractivity contribution in [3.8, 4) is 0 Å². The van der Waals surface area contributed by atoms with Gasteiger partial charge in [-0.1, -0.05) is 28.9 Å². The van der Waals surface area contributed by atoms with Gasteiger partial charge in [0.2, 0.25) is 0 Å². The number of hydrogen-bond acceptors (Lipinski definition) is 4. The molecule has 2 aromatic rings. The second-order valence-corrected chi connectivity index (χ2v) is 5.59. The number of hydrogen-bond donors (Lipinski definition) is 2. The first-order valence-corrected chi connectivity index (χ1v) is 7.68. The summed E-state index contributed by atoms with van der Waals surface area (Å²) in [6.07, 6.45) is -1.10. The highest BCUT2D eigenvalue weighted by molar-refractivity contribution is 6.31. The van der Waals surface area contributed by atoms with Crippen molar-refractivity contribution in [2.75, 3.05) is 0 Å². The maximum absolute atomic E-state index is 10.6. The highest BCUT2D eigenvalue weighted by Gasteiger charge is 2.06. The van der Waals surface area contributed by atoms with Crippen LogP contribution in [0.4, 0.5) is 4.79 Å². The van der Waals surface area contributed by atoms with Crippen LogP contribution in [0, 0.1) is 6.92 Å². The van der Waals surface area contributed by atoms with Gasteiger partial charge in [0.1, 0.15) is 0 Å². The number of halogens is 1. The average Bonchev–Trinajstić information content (AvgIpc) is 2.54. The summed E-state index contributed by atoms with van der Waals surface area (Å²) in [5, 5.41) is 15.5. The van der Waals surface area contributed by atoms with Crippen molar-refractivity contribution in [1.29, 1.82) is 0 Å². The summed E-state index contributed by atoms with van der Waals surface area (Å²) in [4.78, 5) is 20.3. The third-order valence-corrected chi connectivity index (χ3v) is 3.62. The van der Waals surface area contributed by atoms with Crippen LogP contribution in [-0.4, -0.2) is 21.9 Å². The summed E-state index contributed by atoms with van der Waals surface area (Å²) in [6, 6.07) is 11.0. The second kappa shape index (κ2) is 8.31. The SMILES string of the molecule is C/C(=N\OCc1cccc(C)n1)c1ccc(Cl)c(CNC(=O)O)c1. The monoisotopic (exact) mass is 347 g/mol. The summed E-state index contributed by atoms with van der Waals surface area (Å²) < 4.78 is 0. The molecule has 1 amide bonds. The van der Waals surface area contributed by atoms with Crippen molar-refractivity contribution in [2.45, 2.75) is 27.0 Å². The van der Waals surface area contributed by atoms with Crippen molar-refractivity contribution in [2.24, 2.45) is 5.16 Å². The van der Waals surface area contributed by atoms with E-state index in [1.807, 2.05) is 25.1 Å². The van der Waals surface area contributed by atoms with Crippen molar-refractivity contribution < 1.29 is 14.7 Å². The quantitative estimate of drug-likeness (QED) is 0.615. The van der Waals surface area contributed by atoms with Gasteiger partial charge in [-0.25, -0.2) is 4.79 Å². The molecule has 6 nitrogen and oxygen atoms in total. The zero-order chi connectivity index (χ0) is 17.5. The van der Waals surface area contributed by atoms with Crippen molar-refractivity contribution in [3.05, 3.63) is 63.9 Å². The van der Waals surface area contributed by atoms with E-state index in [9.17, 15) is 4.79 Å². The number of amides is 1. The van der Waals surface area contributed by atoms with Gasteiger partial charge in [-0.3, -0.25) is 4.98 Å². The number of carbonyl (C=O) groups is 1. The Morgan fingerprint density at radius 3 is 2.88 bits per heavy atom. The van der Waals surface area contributed by atoms with Crippen molar-refractivity contribution in [3.63, 3.8) is 0 Å². The zero-order valence-electron chi connectivity index (χ0n) is 13.4. The van der Waals surface area contributed by atoms with E-state index in [2.05, 4.69) is 15.5 Å². The predicted molar refractivity (Wildman–Crippen MR) is 92.3 cm³/mol. The first-order chi connectivity index (χ1) is 11.5. The lowest BCUT2D eigenvalue weighted by molar-refractivity contribution is 0.127. The molecule has 0 radical (unpaired) electrons. The number of pyridine rings is 1. The summed E-state index contributed by atoms with van der Waals surface area (Å²) >= 11 is 6.07. The summed E-state index contributed by atoms with van der Waals surface area (Å²) in [7, 11) is 0. The highest BCUT2D eigenvalue weighted by atomic mass is 35.5. The molecule has 0 saturated heterocycles. The molecule has 7 heteroatoms. The minimum Gasteiger partial charge on any atom is -0.465 e. The molecule has 1 aromatic heterocycles. The Bertz CT molecular complexity index is 762. The third kappa shape index (κ3) is 5.24. The second-order valence-electron chi connectivity index (χ2n) is 5.19. The van der Waals surface area contributed by atoms with Crippen LogP contribution in [-0.2, 0) is 18.0 Å². The van der Waals surface area contributed by atoms with E-state index in [0.29, 0.717) is 16.3 Å². The molecule has 126 valence electrons. The Morgan fingerprint density at radius 2 is 2.17 bits per heavy atom. The van der Waals surface area contributed by atoms with E-state index >= 15 is 0 Å². The van der Waals surface area contributed by atoms with Gasteiger partial charge in [0, 0.05) is 17.3 Å². The van der Waals surface area contributed by atoms with E-state index in [-0.39, 0.29) is 13.2 Å². The minimum absolute atomic E-state index is 0.128. The number of nitrogens with zero attached hydrogens (tertiary/aromatic N) is 2. The fourth-order valence-electron chi connectivity index (χ4n) is 2.03. The molecule has 0 aliphatic carbocycles. The van der Waals surface area contributed by atoms with E-state index in [1.165, 1.54) is 0 Å². The topological polar surface area (TPSA) is 83.8 Å². The van der Waals surface area contributed by atoms with Crippen LogP contribution in [0.2, 0.25) is 5.02 Å². The smallest absolute Gasteiger partial charge is 0.404 e. The lowest BCUT2D eigenvalue weighted by atomic mass is 10.1. The Hall–Kier alpha value is -2.60. The van der Waals surface area contributed by atoms with E-state index in [4.69, 9.17) is 21.5 Å². The van der Waals surface area contributed by atoms with Gasteiger partial charge in [0.15, 0.2) is 6.61 Å². The first kappa shape index (κ1) is 17.7. The number of rotatable bonds is 6. The predicted octanol–water partition coefficient (Wildman–Crippen LogP) is 3.75. The molecule has 0 bridgehead atoms. The Morgan fingerprint density at radius 1 is 1.38 bits per heavy atom. The van der Waals surface area contributed by atoms with Gasteiger partial charge in [-0.15, -0.1) is 0 Å². The Kier molecular flexibility index (Phi) is 6.14. The maximum atomic E-state index is 10.6. The van der Waals surface area contributed by atoms with Gasteiger partial charge in [-0.2, -0.15) is 0 Å². The largest absolute Gasteiger partial charge is 0.465 e. The van der Waals surface area contributed by atoms with Gasteiger partial charge in [0.25, 0.3) is 0 Å². The molecule has 0 aliphatic rings. The van der Waals surface area contributed by atoms with Crippen LogP contribution in [0.25, 0.3) is 0 Å². The van der Waals surface area contributed by atoms with Gasteiger partial charge < -0.3 is 15.3 Å². The number of nitrogens with one attached hydrogen (secondary N) is 1. The third-order valence-electron chi connectivity index (χ3n) is 3.25.